The first-order chi connectivity index (χ1) is 10.3. The highest BCUT2D eigenvalue weighted by atomic mass is 32.2. The molecule has 3 rings (SSSR count). The number of thioether (sulfide) groups is 1. The average molecular weight is 298 g/mol. The molecule has 0 aromatic heterocycles. The maximum absolute atomic E-state index is 12.4. The fourth-order valence-electron chi connectivity index (χ4n) is 2.53. The fraction of sp³-hybridized carbons (Fsp3) is 0.235. The van der Waals surface area contributed by atoms with Gasteiger partial charge in [-0.3, -0.25) is 4.79 Å². The number of carbonyl (C=O) groups is 1. The summed E-state index contributed by atoms with van der Waals surface area (Å²) in [7, 11) is 0. The zero-order valence-corrected chi connectivity index (χ0v) is 12.5. The Morgan fingerprint density at radius 1 is 1.19 bits per heavy atom. The predicted octanol–water partition coefficient (Wildman–Crippen LogP) is 2.69. The molecular formula is C17H18N2OS. The van der Waals surface area contributed by atoms with E-state index in [-0.39, 0.29) is 17.9 Å². The summed E-state index contributed by atoms with van der Waals surface area (Å²) >= 11 is 1.74. The van der Waals surface area contributed by atoms with Gasteiger partial charge in [-0.2, -0.15) is 0 Å². The number of benzene rings is 2. The molecule has 1 heterocycles. The van der Waals surface area contributed by atoms with Crippen LogP contribution in [0.25, 0.3) is 0 Å². The molecule has 108 valence electrons. The second kappa shape index (κ2) is 6.33. The van der Waals surface area contributed by atoms with Crippen LogP contribution in [0.2, 0.25) is 0 Å². The number of carbonyl (C=O) groups excluding carboxylic acids is 1. The van der Waals surface area contributed by atoms with Crippen LogP contribution in [-0.4, -0.2) is 18.2 Å². The van der Waals surface area contributed by atoms with Gasteiger partial charge in [0.15, 0.2) is 0 Å². The van der Waals surface area contributed by atoms with E-state index in [4.69, 9.17) is 5.73 Å². The average Bonchev–Trinajstić information content (AvgIpc) is 2.97. The number of nitrogens with two attached hydrogens (primary N) is 1. The molecule has 0 radical (unpaired) electrons. The second-order valence-corrected chi connectivity index (χ2v) is 6.23. The van der Waals surface area contributed by atoms with E-state index in [1.807, 2.05) is 48.5 Å². The lowest BCUT2D eigenvalue weighted by Gasteiger charge is -2.16. The van der Waals surface area contributed by atoms with Gasteiger partial charge in [-0.25, -0.2) is 0 Å². The van der Waals surface area contributed by atoms with Crippen molar-refractivity contribution >= 4 is 17.7 Å². The lowest BCUT2D eigenvalue weighted by atomic mass is 10.0. The molecule has 2 aromatic carbocycles. The summed E-state index contributed by atoms with van der Waals surface area (Å²) < 4.78 is 0. The number of nitrogens with one attached hydrogen (secondary N) is 1. The van der Waals surface area contributed by atoms with E-state index >= 15 is 0 Å². The van der Waals surface area contributed by atoms with E-state index in [9.17, 15) is 4.79 Å². The molecule has 0 saturated carbocycles. The molecular weight excluding hydrogens is 280 g/mol. The first-order valence-electron chi connectivity index (χ1n) is 7.05. The largest absolute Gasteiger partial charge is 0.354 e. The monoisotopic (exact) mass is 298 g/mol. The molecule has 4 heteroatoms. The van der Waals surface area contributed by atoms with Gasteiger partial charge in [0.2, 0.25) is 5.91 Å². The number of rotatable bonds is 4. The zero-order chi connectivity index (χ0) is 14.7. The minimum atomic E-state index is -0.167. The Morgan fingerprint density at radius 3 is 2.71 bits per heavy atom. The van der Waals surface area contributed by atoms with Gasteiger partial charge in [0.1, 0.15) is 0 Å². The normalized spacial score (nSPS) is 18.0. The molecule has 1 amide bonds. The Morgan fingerprint density at radius 2 is 1.90 bits per heavy atom. The number of amides is 1. The minimum absolute atomic E-state index is 0.0610. The smallest absolute Gasteiger partial charge is 0.228 e. The Hall–Kier alpha value is -1.78. The van der Waals surface area contributed by atoms with Gasteiger partial charge in [0.05, 0.1) is 5.92 Å². The van der Waals surface area contributed by atoms with Gasteiger partial charge in [-0.05, 0) is 17.2 Å². The quantitative estimate of drug-likeness (QED) is 0.912. The SMILES string of the molecule is NC(CNC(=O)C1CSc2ccccc21)c1ccccc1. The van der Waals surface area contributed by atoms with Crippen LogP contribution in [0.15, 0.2) is 59.5 Å². The third-order valence-electron chi connectivity index (χ3n) is 3.74. The summed E-state index contributed by atoms with van der Waals surface area (Å²) in [6.45, 7) is 0.464. The number of hydrogen-bond donors (Lipinski definition) is 2. The van der Waals surface area contributed by atoms with Gasteiger partial charge in [-0.15, -0.1) is 11.8 Å². The lowest BCUT2D eigenvalue weighted by molar-refractivity contribution is -0.122. The first kappa shape index (κ1) is 14.2. The maximum atomic E-state index is 12.4. The van der Waals surface area contributed by atoms with Crippen LogP contribution in [-0.2, 0) is 4.79 Å². The molecule has 0 fully saturated rings. The van der Waals surface area contributed by atoms with E-state index in [0.29, 0.717) is 6.54 Å². The second-order valence-electron chi connectivity index (χ2n) is 5.16. The van der Waals surface area contributed by atoms with Gasteiger partial charge in [-0.1, -0.05) is 48.5 Å². The highest BCUT2D eigenvalue weighted by Gasteiger charge is 2.28. The third-order valence-corrected chi connectivity index (χ3v) is 4.92. The van der Waals surface area contributed by atoms with Crippen LogP contribution in [0.3, 0.4) is 0 Å². The molecule has 0 spiro atoms. The van der Waals surface area contributed by atoms with E-state index < -0.39 is 0 Å². The molecule has 0 bridgehead atoms. The van der Waals surface area contributed by atoms with Crippen LogP contribution < -0.4 is 11.1 Å². The van der Waals surface area contributed by atoms with Crippen molar-refractivity contribution < 1.29 is 4.79 Å². The van der Waals surface area contributed by atoms with Crippen molar-refractivity contribution in [2.45, 2.75) is 16.9 Å². The van der Waals surface area contributed by atoms with Crippen molar-refractivity contribution in [3.8, 4) is 0 Å². The zero-order valence-electron chi connectivity index (χ0n) is 11.7. The summed E-state index contributed by atoms with van der Waals surface area (Å²) in [5.74, 6) is 0.819. The van der Waals surface area contributed by atoms with E-state index in [0.717, 1.165) is 16.9 Å². The lowest BCUT2D eigenvalue weighted by Crippen LogP contribution is -2.35. The van der Waals surface area contributed by atoms with Gasteiger partial charge in [0, 0.05) is 23.2 Å². The van der Waals surface area contributed by atoms with Crippen LogP contribution in [0.4, 0.5) is 0 Å². The van der Waals surface area contributed by atoms with Crippen LogP contribution in [0.5, 0.6) is 0 Å². The minimum Gasteiger partial charge on any atom is -0.354 e. The highest BCUT2D eigenvalue weighted by molar-refractivity contribution is 7.99. The van der Waals surface area contributed by atoms with Crippen molar-refractivity contribution in [1.29, 1.82) is 0 Å². The molecule has 1 aliphatic rings. The summed E-state index contributed by atoms with van der Waals surface area (Å²) in [4.78, 5) is 13.6. The van der Waals surface area contributed by atoms with Gasteiger partial charge < -0.3 is 11.1 Å². The van der Waals surface area contributed by atoms with Crippen LogP contribution in [0.1, 0.15) is 23.1 Å². The molecule has 3 nitrogen and oxygen atoms in total. The summed E-state index contributed by atoms with van der Waals surface area (Å²) in [5.41, 5.74) is 8.29. The van der Waals surface area contributed by atoms with E-state index in [2.05, 4.69) is 11.4 Å². The standard InChI is InChI=1S/C17H18N2OS/c18-15(12-6-2-1-3-7-12)10-19-17(20)14-11-21-16-9-5-4-8-13(14)16/h1-9,14-15H,10-11,18H2,(H,19,20). The summed E-state index contributed by atoms with van der Waals surface area (Å²) in [6.07, 6.45) is 0. The Kier molecular flexibility index (Phi) is 4.27. The molecule has 1 aliphatic heterocycles. The Bertz CT molecular complexity index is 630. The highest BCUT2D eigenvalue weighted by Crippen LogP contribution is 2.39. The van der Waals surface area contributed by atoms with Crippen molar-refractivity contribution in [2.75, 3.05) is 12.3 Å². The molecule has 0 aliphatic carbocycles. The third kappa shape index (κ3) is 3.12. The van der Waals surface area contributed by atoms with Crippen molar-refractivity contribution in [3.63, 3.8) is 0 Å². The molecule has 2 aromatic rings. The predicted molar refractivity (Wildman–Crippen MR) is 86.3 cm³/mol. The van der Waals surface area contributed by atoms with E-state index in [1.54, 1.807) is 11.8 Å². The van der Waals surface area contributed by atoms with Crippen molar-refractivity contribution in [2.24, 2.45) is 5.73 Å². The summed E-state index contributed by atoms with van der Waals surface area (Å²) in [5, 5.41) is 2.99. The molecule has 0 saturated heterocycles. The van der Waals surface area contributed by atoms with Crippen molar-refractivity contribution in [3.05, 3.63) is 65.7 Å². The Labute approximate surface area is 128 Å². The van der Waals surface area contributed by atoms with Gasteiger partial charge in [0.25, 0.3) is 0 Å². The maximum Gasteiger partial charge on any atom is 0.228 e. The number of fused-ring (bicyclic) bond motifs is 1. The molecule has 3 N–H and O–H groups in total. The van der Waals surface area contributed by atoms with Crippen LogP contribution in [0, 0.1) is 0 Å². The van der Waals surface area contributed by atoms with Gasteiger partial charge >= 0.3 is 0 Å². The topological polar surface area (TPSA) is 55.1 Å². The van der Waals surface area contributed by atoms with Crippen molar-refractivity contribution in [1.82, 2.24) is 5.32 Å². The molecule has 21 heavy (non-hydrogen) atoms. The fourth-order valence-corrected chi connectivity index (χ4v) is 3.76. The Balaban J connectivity index is 1.61. The van der Waals surface area contributed by atoms with E-state index in [1.165, 1.54) is 4.90 Å². The van der Waals surface area contributed by atoms with Crippen LogP contribution >= 0.6 is 11.8 Å². The molecule has 2 unspecified atom stereocenters. The molecule has 2 atom stereocenters. The summed E-state index contributed by atoms with van der Waals surface area (Å²) in [6, 6.07) is 17.8. The number of hydrogen-bond acceptors (Lipinski definition) is 3. The first-order valence-corrected chi connectivity index (χ1v) is 8.04.